The molecule has 4 rings (SSSR count). The lowest BCUT2D eigenvalue weighted by Gasteiger charge is -2.30. The van der Waals surface area contributed by atoms with Crippen molar-refractivity contribution in [2.75, 3.05) is 18.4 Å². The van der Waals surface area contributed by atoms with E-state index in [1.165, 1.54) is 21.5 Å². The average molecular weight is 437 g/mol. The van der Waals surface area contributed by atoms with Gasteiger partial charge in [-0.3, -0.25) is 4.79 Å². The highest BCUT2D eigenvalue weighted by Crippen LogP contribution is 2.28. The molecule has 1 aliphatic carbocycles. The van der Waals surface area contributed by atoms with E-state index >= 15 is 0 Å². The summed E-state index contributed by atoms with van der Waals surface area (Å²) in [7, 11) is -3.77. The second-order valence-corrected chi connectivity index (χ2v) is 9.93. The molecular formula is C21H22ClFN2O3S. The van der Waals surface area contributed by atoms with Crippen LogP contribution in [0.1, 0.15) is 30.4 Å². The number of aryl methyl sites for hydroxylation is 2. The van der Waals surface area contributed by atoms with Crippen molar-refractivity contribution in [3.05, 3.63) is 58.4 Å². The number of rotatable bonds is 4. The van der Waals surface area contributed by atoms with Crippen LogP contribution in [0.2, 0.25) is 5.02 Å². The first-order chi connectivity index (χ1) is 13.8. The lowest BCUT2D eigenvalue weighted by atomic mass is 9.97. The minimum atomic E-state index is -3.77. The summed E-state index contributed by atoms with van der Waals surface area (Å²) in [6.07, 6.45) is 4.16. The van der Waals surface area contributed by atoms with Crippen LogP contribution in [0, 0.1) is 11.7 Å². The second-order valence-electron chi connectivity index (χ2n) is 7.58. The summed E-state index contributed by atoms with van der Waals surface area (Å²) >= 11 is 5.72. The van der Waals surface area contributed by atoms with Crippen LogP contribution in [0.25, 0.3) is 0 Å². The van der Waals surface area contributed by atoms with E-state index in [1.54, 1.807) is 0 Å². The molecule has 5 nitrogen and oxygen atoms in total. The summed E-state index contributed by atoms with van der Waals surface area (Å²) in [5, 5.41) is 2.75. The molecule has 0 atom stereocenters. The maximum Gasteiger partial charge on any atom is 0.243 e. The van der Waals surface area contributed by atoms with E-state index in [0.29, 0.717) is 12.8 Å². The number of halogens is 2. The molecule has 2 aromatic rings. The molecule has 29 heavy (non-hydrogen) atoms. The maximum atomic E-state index is 13.3. The summed E-state index contributed by atoms with van der Waals surface area (Å²) in [6, 6.07) is 9.42. The van der Waals surface area contributed by atoms with Crippen molar-refractivity contribution >= 4 is 33.2 Å². The molecule has 1 heterocycles. The molecule has 1 fully saturated rings. The summed E-state index contributed by atoms with van der Waals surface area (Å²) in [5.74, 6) is -0.983. The van der Waals surface area contributed by atoms with Gasteiger partial charge in [0.05, 0.1) is 9.92 Å². The van der Waals surface area contributed by atoms with Crippen LogP contribution in [-0.2, 0) is 27.7 Å². The fraction of sp³-hybridized carbons (Fsp3) is 0.381. The van der Waals surface area contributed by atoms with Crippen LogP contribution in [0.4, 0.5) is 10.1 Å². The van der Waals surface area contributed by atoms with Gasteiger partial charge in [-0.1, -0.05) is 17.7 Å². The number of nitrogens with one attached hydrogen (secondary N) is 1. The highest BCUT2D eigenvalue weighted by atomic mass is 35.5. The highest BCUT2D eigenvalue weighted by molar-refractivity contribution is 7.89. The Labute approximate surface area is 174 Å². The number of fused-ring (bicyclic) bond motifs is 1. The normalized spacial score (nSPS) is 17.9. The molecule has 154 valence electrons. The molecule has 0 aromatic heterocycles. The van der Waals surface area contributed by atoms with Gasteiger partial charge in [0, 0.05) is 24.7 Å². The van der Waals surface area contributed by atoms with E-state index in [0.717, 1.165) is 37.1 Å². The van der Waals surface area contributed by atoms with Crippen molar-refractivity contribution in [2.24, 2.45) is 5.92 Å². The highest BCUT2D eigenvalue weighted by Gasteiger charge is 2.32. The second kappa shape index (κ2) is 8.05. The number of hydrogen-bond donors (Lipinski definition) is 1. The van der Waals surface area contributed by atoms with Gasteiger partial charge in [0.25, 0.3) is 0 Å². The monoisotopic (exact) mass is 436 g/mol. The Morgan fingerprint density at radius 2 is 1.79 bits per heavy atom. The zero-order chi connectivity index (χ0) is 20.6. The topological polar surface area (TPSA) is 66.5 Å². The summed E-state index contributed by atoms with van der Waals surface area (Å²) in [4.78, 5) is 12.6. The number of carbonyl (C=O) groups is 1. The largest absolute Gasteiger partial charge is 0.326 e. The van der Waals surface area contributed by atoms with Gasteiger partial charge < -0.3 is 5.32 Å². The number of piperidine rings is 1. The van der Waals surface area contributed by atoms with Crippen molar-refractivity contribution in [2.45, 2.75) is 37.0 Å². The van der Waals surface area contributed by atoms with Gasteiger partial charge in [0.1, 0.15) is 5.82 Å². The molecule has 0 radical (unpaired) electrons. The third-order valence-corrected chi connectivity index (χ3v) is 7.90. The zero-order valence-corrected chi connectivity index (χ0v) is 17.4. The van der Waals surface area contributed by atoms with Crippen LogP contribution in [-0.4, -0.2) is 31.7 Å². The fourth-order valence-corrected chi connectivity index (χ4v) is 5.78. The lowest BCUT2D eigenvalue weighted by Crippen LogP contribution is -2.41. The van der Waals surface area contributed by atoms with E-state index in [9.17, 15) is 17.6 Å². The predicted octanol–water partition coefficient (Wildman–Crippen LogP) is 4.01. The average Bonchev–Trinajstić information content (AvgIpc) is 3.18. The van der Waals surface area contributed by atoms with Crippen LogP contribution >= 0.6 is 11.6 Å². The van der Waals surface area contributed by atoms with E-state index < -0.39 is 15.8 Å². The van der Waals surface area contributed by atoms with Crippen LogP contribution < -0.4 is 5.32 Å². The van der Waals surface area contributed by atoms with Crippen molar-refractivity contribution in [1.82, 2.24) is 4.31 Å². The molecule has 1 aliphatic heterocycles. The molecular weight excluding hydrogens is 415 g/mol. The lowest BCUT2D eigenvalue weighted by molar-refractivity contribution is -0.120. The Morgan fingerprint density at radius 3 is 2.52 bits per heavy atom. The maximum absolute atomic E-state index is 13.3. The first kappa shape index (κ1) is 20.3. The Bertz CT molecular complexity index is 1050. The van der Waals surface area contributed by atoms with E-state index in [-0.39, 0.29) is 34.8 Å². The Hall–Kier alpha value is -1.96. The Balaban J connectivity index is 1.38. The van der Waals surface area contributed by atoms with E-state index in [1.807, 2.05) is 12.1 Å². The molecule has 1 amide bonds. The molecule has 1 N–H and O–H groups in total. The van der Waals surface area contributed by atoms with Crippen molar-refractivity contribution in [3.63, 3.8) is 0 Å². The SMILES string of the molecule is O=C(Nc1ccc2c(c1)CCC2)C1CCN(S(=O)(=O)c2ccc(F)c(Cl)c2)CC1. The predicted molar refractivity (Wildman–Crippen MR) is 110 cm³/mol. The number of carbonyl (C=O) groups excluding carboxylic acids is 1. The summed E-state index contributed by atoms with van der Waals surface area (Å²) < 4.78 is 40.2. The summed E-state index contributed by atoms with van der Waals surface area (Å²) in [5.41, 5.74) is 3.44. The number of amides is 1. The third kappa shape index (κ3) is 4.17. The minimum absolute atomic E-state index is 0.0371. The van der Waals surface area contributed by atoms with Crippen LogP contribution in [0.3, 0.4) is 0 Å². The van der Waals surface area contributed by atoms with E-state index in [4.69, 9.17) is 11.6 Å². The molecule has 0 saturated carbocycles. The van der Waals surface area contributed by atoms with Crippen LogP contribution in [0.5, 0.6) is 0 Å². The number of hydrogen-bond acceptors (Lipinski definition) is 3. The minimum Gasteiger partial charge on any atom is -0.326 e. The smallest absolute Gasteiger partial charge is 0.243 e. The van der Waals surface area contributed by atoms with Gasteiger partial charge in [0.2, 0.25) is 15.9 Å². The standard InChI is InChI=1S/C21H22ClFN2O3S/c22-19-13-18(6-7-20(19)23)29(27,28)25-10-8-15(9-11-25)21(26)24-17-5-4-14-2-1-3-16(14)12-17/h4-7,12-13,15H,1-3,8-11H2,(H,24,26). The molecule has 0 bridgehead atoms. The van der Waals surface area contributed by atoms with Gasteiger partial charge in [-0.05, 0) is 73.6 Å². The van der Waals surface area contributed by atoms with Gasteiger partial charge in [-0.2, -0.15) is 4.31 Å². The molecule has 2 aromatic carbocycles. The van der Waals surface area contributed by atoms with Gasteiger partial charge >= 0.3 is 0 Å². The first-order valence-corrected chi connectivity index (χ1v) is 11.5. The quantitative estimate of drug-likeness (QED) is 0.787. The number of anilines is 1. The molecule has 0 unspecified atom stereocenters. The molecule has 1 saturated heterocycles. The number of nitrogens with zero attached hydrogens (tertiary/aromatic N) is 1. The van der Waals surface area contributed by atoms with Gasteiger partial charge in [-0.25, -0.2) is 12.8 Å². The fourth-order valence-electron chi connectivity index (χ4n) is 4.04. The Kier molecular flexibility index (Phi) is 5.64. The molecule has 2 aliphatic rings. The van der Waals surface area contributed by atoms with Crippen molar-refractivity contribution in [3.8, 4) is 0 Å². The third-order valence-electron chi connectivity index (χ3n) is 5.72. The number of sulfonamides is 1. The summed E-state index contributed by atoms with van der Waals surface area (Å²) in [6.45, 7) is 0.471. The van der Waals surface area contributed by atoms with Gasteiger partial charge in [-0.15, -0.1) is 0 Å². The molecule has 8 heteroatoms. The van der Waals surface area contributed by atoms with Crippen molar-refractivity contribution < 1.29 is 17.6 Å². The molecule has 0 spiro atoms. The van der Waals surface area contributed by atoms with Gasteiger partial charge in [0.15, 0.2) is 0 Å². The number of benzene rings is 2. The van der Waals surface area contributed by atoms with Crippen LogP contribution in [0.15, 0.2) is 41.3 Å². The van der Waals surface area contributed by atoms with Crippen molar-refractivity contribution in [1.29, 1.82) is 0 Å². The zero-order valence-electron chi connectivity index (χ0n) is 15.8. The first-order valence-electron chi connectivity index (χ1n) is 9.72. The van der Waals surface area contributed by atoms with E-state index in [2.05, 4.69) is 11.4 Å². The Morgan fingerprint density at radius 1 is 1.07 bits per heavy atom.